The molecule has 3 aromatic rings. The average Bonchev–Trinajstić information content (AvgIpc) is 3.02. The number of nitrogens with zero attached hydrogens (tertiary/aromatic N) is 1. The van der Waals surface area contributed by atoms with E-state index >= 15 is 0 Å². The van der Waals surface area contributed by atoms with Crippen molar-refractivity contribution in [3.63, 3.8) is 0 Å². The smallest absolute Gasteiger partial charge is 0.227 e. The van der Waals surface area contributed by atoms with Gasteiger partial charge in [-0.3, -0.25) is 4.79 Å². The van der Waals surface area contributed by atoms with E-state index in [2.05, 4.69) is 33.0 Å². The van der Waals surface area contributed by atoms with Gasteiger partial charge in [0, 0.05) is 16.6 Å². The minimum absolute atomic E-state index is 0.0436. The number of ketones is 1. The van der Waals surface area contributed by atoms with Crippen LogP contribution in [0.25, 0.3) is 22.6 Å². The summed E-state index contributed by atoms with van der Waals surface area (Å²) in [4.78, 5) is 16.4. The molecule has 0 unspecified atom stereocenters. The predicted octanol–water partition coefficient (Wildman–Crippen LogP) is 5.82. The molecule has 4 nitrogen and oxygen atoms in total. The van der Waals surface area contributed by atoms with Crippen LogP contribution in [0.5, 0.6) is 0 Å². The van der Waals surface area contributed by atoms with Gasteiger partial charge in [0.05, 0.1) is 11.7 Å². The van der Waals surface area contributed by atoms with E-state index in [4.69, 9.17) is 9.15 Å². The fraction of sp³-hybridized carbons (Fsp3) is 0.333. The summed E-state index contributed by atoms with van der Waals surface area (Å²) in [7, 11) is 0. The SMILES string of the molecule is CC(=O)c1cc(Br)cc2nc(-c3ccc(CCCOC(C)C)cc3)oc12. The maximum Gasteiger partial charge on any atom is 0.227 e. The zero-order chi connectivity index (χ0) is 18.7. The molecule has 0 saturated carbocycles. The molecule has 1 aromatic heterocycles. The second kappa shape index (κ2) is 8.14. The fourth-order valence-electron chi connectivity index (χ4n) is 2.79. The first-order chi connectivity index (χ1) is 12.4. The van der Waals surface area contributed by atoms with Gasteiger partial charge in [0.15, 0.2) is 11.4 Å². The van der Waals surface area contributed by atoms with E-state index in [1.54, 1.807) is 6.07 Å². The number of aryl methyl sites for hydroxylation is 1. The number of Topliss-reactive ketones (excluding diaryl/α,β-unsaturated/α-hetero) is 1. The largest absolute Gasteiger partial charge is 0.435 e. The van der Waals surface area contributed by atoms with Crippen molar-refractivity contribution in [3.8, 4) is 11.5 Å². The number of carbonyl (C=O) groups is 1. The Morgan fingerprint density at radius 1 is 1.23 bits per heavy atom. The molecule has 2 aromatic carbocycles. The number of aromatic nitrogens is 1. The van der Waals surface area contributed by atoms with E-state index in [-0.39, 0.29) is 11.9 Å². The molecule has 0 amide bonds. The molecule has 0 N–H and O–H groups in total. The molecule has 0 spiro atoms. The average molecular weight is 416 g/mol. The number of benzene rings is 2. The summed E-state index contributed by atoms with van der Waals surface area (Å²) in [5.41, 5.74) is 3.90. The van der Waals surface area contributed by atoms with Gasteiger partial charge in [-0.2, -0.15) is 0 Å². The first kappa shape index (κ1) is 18.8. The van der Waals surface area contributed by atoms with Crippen LogP contribution in [0.3, 0.4) is 0 Å². The van der Waals surface area contributed by atoms with Crippen molar-refractivity contribution in [1.29, 1.82) is 0 Å². The van der Waals surface area contributed by atoms with Crippen LogP contribution in [0.15, 0.2) is 45.3 Å². The van der Waals surface area contributed by atoms with Gasteiger partial charge in [-0.1, -0.05) is 28.1 Å². The van der Waals surface area contributed by atoms with E-state index in [1.165, 1.54) is 12.5 Å². The molecule has 0 bridgehead atoms. The van der Waals surface area contributed by atoms with Crippen LogP contribution in [0.1, 0.15) is 43.1 Å². The third-order valence-corrected chi connectivity index (χ3v) is 4.55. The molecule has 1 heterocycles. The van der Waals surface area contributed by atoms with Gasteiger partial charge in [0.2, 0.25) is 5.89 Å². The Bertz CT molecular complexity index is 913. The molecule has 0 saturated heterocycles. The van der Waals surface area contributed by atoms with Gasteiger partial charge in [-0.05, 0) is 63.4 Å². The number of hydrogen-bond donors (Lipinski definition) is 0. The summed E-state index contributed by atoms with van der Waals surface area (Å²) < 4.78 is 12.3. The van der Waals surface area contributed by atoms with Crippen LogP contribution in [0.4, 0.5) is 0 Å². The lowest BCUT2D eigenvalue weighted by Crippen LogP contribution is -2.04. The lowest BCUT2D eigenvalue weighted by molar-refractivity contribution is 0.0772. The van der Waals surface area contributed by atoms with Crippen molar-refractivity contribution in [2.45, 2.75) is 39.7 Å². The summed E-state index contributed by atoms with van der Waals surface area (Å²) in [5.74, 6) is 0.480. The maximum absolute atomic E-state index is 11.9. The highest BCUT2D eigenvalue weighted by molar-refractivity contribution is 9.10. The first-order valence-corrected chi connectivity index (χ1v) is 9.55. The van der Waals surface area contributed by atoms with E-state index in [9.17, 15) is 4.79 Å². The van der Waals surface area contributed by atoms with E-state index < -0.39 is 0 Å². The third-order valence-electron chi connectivity index (χ3n) is 4.10. The van der Waals surface area contributed by atoms with Crippen LogP contribution in [0.2, 0.25) is 0 Å². The van der Waals surface area contributed by atoms with Crippen molar-refractivity contribution in [2.24, 2.45) is 0 Å². The highest BCUT2D eigenvalue weighted by atomic mass is 79.9. The summed E-state index contributed by atoms with van der Waals surface area (Å²) in [6.45, 7) is 6.39. The topological polar surface area (TPSA) is 52.3 Å². The molecule has 0 aliphatic carbocycles. The number of carbonyl (C=O) groups excluding carboxylic acids is 1. The minimum atomic E-state index is -0.0436. The van der Waals surface area contributed by atoms with Crippen LogP contribution < -0.4 is 0 Å². The van der Waals surface area contributed by atoms with Crippen LogP contribution in [-0.2, 0) is 11.2 Å². The quantitative estimate of drug-likeness (QED) is 0.360. The number of halogens is 1. The van der Waals surface area contributed by atoms with Gasteiger partial charge < -0.3 is 9.15 Å². The molecule has 136 valence electrons. The Morgan fingerprint density at radius 3 is 2.62 bits per heavy atom. The number of hydrogen-bond acceptors (Lipinski definition) is 4. The monoisotopic (exact) mass is 415 g/mol. The van der Waals surface area contributed by atoms with Gasteiger partial charge in [0.1, 0.15) is 5.52 Å². The van der Waals surface area contributed by atoms with Crippen molar-refractivity contribution >= 4 is 32.8 Å². The van der Waals surface area contributed by atoms with Crippen molar-refractivity contribution in [3.05, 3.63) is 52.0 Å². The summed E-state index contributed by atoms with van der Waals surface area (Å²) in [5, 5.41) is 0. The van der Waals surface area contributed by atoms with Crippen molar-refractivity contribution in [2.75, 3.05) is 6.61 Å². The highest BCUT2D eigenvalue weighted by Crippen LogP contribution is 2.30. The summed E-state index contributed by atoms with van der Waals surface area (Å²) >= 11 is 3.42. The van der Waals surface area contributed by atoms with Crippen LogP contribution in [-0.4, -0.2) is 23.5 Å². The van der Waals surface area contributed by atoms with E-state index in [1.807, 2.05) is 32.0 Å². The third kappa shape index (κ3) is 4.40. The maximum atomic E-state index is 11.9. The van der Waals surface area contributed by atoms with Gasteiger partial charge >= 0.3 is 0 Å². The molecule has 0 aliphatic rings. The van der Waals surface area contributed by atoms with E-state index in [0.29, 0.717) is 22.6 Å². The Hall–Kier alpha value is -1.98. The molecule has 3 rings (SSSR count). The normalized spacial score (nSPS) is 11.4. The summed E-state index contributed by atoms with van der Waals surface area (Å²) in [6, 6.07) is 11.8. The van der Waals surface area contributed by atoms with Crippen molar-refractivity contribution < 1.29 is 13.9 Å². The Balaban J connectivity index is 1.79. The molecule has 0 radical (unpaired) electrons. The molecular formula is C21H22BrNO3. The van der Waals surface area contributed by atoms with Gasteiger partial charge in [-0.15, -0.1) is 0 Å². The highest BCUT2D eigenvalue weighted by Gasteiger charge is 2.15. The first-order valence-electron chi connectivity index (χ1n) is 8.76. The molecule has 0 atom stereocenters. The second-order valence-corrected chi connectivity index (χ2v) is 7.51. The zero-order valence-corrected chi connectivity index (χ0v) is 16.8. The lowest BCUT2D eigenvalue weighted by atomic mass is 10.1. The lowest BCUT2D eigenvalue weighted by Gasteiger charge is -2.07. The number of ether oxygens (including phenoxy) is 1. The predicted molar refractivity (Wildman–Crippen MR) is 107 cm³/mol. The standard InChI is InChI=1S/C21H22BrNO3/c1-13(2)25-10-4-5-15-6-8-16(9-7-15)21-23-19-12-17(22)11-18(14(3)24)20(19)26-21/h6-9,11-13H,4-5,10H2,1-3H3. The van der Waals surface area contributed by atoms with Crippen molar-refractivity contribution in [1.82, 2.24) is 4.98 Å². The second-order valence-electron chi connectivity index (χ2n) is 6.60. The number of oxazole rings is 1. The molecule has 0 aliphatic heterocycles. The van der Waals surface area contributed by atoms with Crippen LogP contribution in [0, 0.1) is 0 Å². The Kier molecular flexibility index (Phi) is 5.89. The molecule has 0 fully saturated rings. The fourth-order valence-corrected chi connectivity index (χ4v) is 3.24. The van der Waals surface area contributed by atoms with Gasteiger partial charge in [0.25, 0.3) is 0 Å². The Labute approximate surface area is 161 Å². The zero-order valence-electron chi connectivity index (χ0n) is 15.2. The van der Waals surface area contributed by atoms with E-state index in [0.717, 1.165) is 29.5 Å². The summed E-state index contributed by atoms with van der Waals surface area (Å²) in [6.07, 6.45) is 2.25. The molecular weight excluding hydrogens is 394 g/mol. The number of fused-ring (bicyclic) bond motifs is 1. The van der Waals surface area contributed by atoms with Gasteiger partial charge in [-0.25, -0.2) is 4.98 Å². The Morgan fingerprint density at radius 2 is 1.96 bits per heavy atom. The molecule has 5 heteroatoms. The molecule has 26 heavy (non-hydrogen) atoms. The van der Waals surface area contributed by atoms with Crippen LogP contribution >= 0.6 is 15.9 Å². The number of rotatable bonds is 7. The minimum Gasteiger partial charge on any atom is -0.435 e.